The molecule has 0 heterocycles. The summed E-state index contributed by atoms with van der Waals surface area (Å²) in [6, 6.07) is 7.85. The van der Waals surface area contributed by atoms with E-state index in [1.807, 2.05) is 0 Å². The second-order valence-electron chi connectivity index (χ2n) is 7.07. The van der Waals surface area contributed by atoms with Crippen LogP contribution in [0.4, 0.5) is 0 Å². The number of hydrogen-bond acceptors (Lipinski definition) is 1. The van der Waals surface area contributed by atoms with Crippen LogP contribution in [0.5, 0.6) is 0 Å². The molecule has 1 unspecified atom stereocenters. The van der Waals surface area contributed by atoms with Gasteiger partial charge in [0.2, 0.25) is 0 Å². The van der Waals surface area contributed by atoms with Crippen LogP contribution in [0.15, 0.2) is 18.2 Å². The van der Waals surface area contributed by atoms with Gasteiger partial charge in [0, 0.05) is 6.04 Å². The molecule has 1 aromatic carbocycles. The third-order valence-corrected chi connectivity index (χ3v) is 5.56. The highest BCUT2D eigenvalue weighted by molar-refractivity contribution is 5.36. The third kappa shape index (κ3) is 3.88. The fourth-order valence-electron chi connectivity index (χ4n) is 4.32. The molecule has 0 radical (unpaired) electrons. The summed E-state index contributed by atoms with van der Waals surface area (Å²) in [5.74, 6) is 0.995. The molecule has 21 heavy (non-hydrogen) atoms. The fourth-order valence-corrected chi connectivity index (χ4v) is 4.32. The van der Waals surface area contributed by atoms with Gasteiger partial charge in [0.25, 0.3) is 0 Å². The summed E-state index contributed by atoms with van der Waals surface area (Å²) >= 11 is 0. The number of fused-ring (bicyclic) bond motifs is 1. The Balaban J connectivity index is 1.63. The monoisotopic (exact) mass is 285 g/mol. The summed E-state index contributed by atoms with van der Waals surface area (Å²) in [5.41, 5.74) is 4.75. The molecule has 116 valence electrons. The summed E-state index contributed by atoms with van der Waals surface area (Å²) in [6.07, 6.45) is 14.0. The quantitative estimate of drug-likeness (QED) is 0.758. The van der Waals surface area contributed by atoms with Crippen LogP contribution in [-0.2, 0) is 12.8 Å². The number of benzene rings is 1. The van der Waals surface area contributed by atoms with Crippen LogP contribution in [0.3, 0.4) is 0 Å². The summed E-state index contributed by atoms with van der Waals surface area (Å²) in [6.45, 7) is 3.31. The van der Waals surface area contributed by atoms with Gasteiger partial charge in [-0.05, 0) is 61.3 Å². The Morgan fingerprint density at radius 2 is 1.86 bits per heavy atom. The van der Waals surface area contributed by atoms with Crippen molar-refractivity contribution < 1.29 is 0 Å². The Hall–Kier alpha value is -0.820. The van der Waals surface area contributed by atoms with Crippen molar-refractivity contribution in [3.8, 4) is 0 Å². The molecule has 0 spiro atoms. The summed E-state index contributed by atoms with van der Waals surface area (Å²) in [4.78, 5) is 0. The number of aryl methyl sites for hydroxylation is 2. The highest BCUT2D eigenvalue weighted by atomic mass is 14.9. The van der Waals surface area contributed by atoms with E-state index in [0.717, 1.165) is 12.5 Å². The van der Waals surface area contributed by atoms with E-state index >= 15 is 0 Å². The number of rotatable bonds is 6. The minimum atomic E-state index is 0.572. The topological polar surface area (TPSA) is 12.0 Å². The molecular weight excluding hydrogens is 254 g/mol. The molecular formula is C20H31N. The van der Waals surface area contributed by atoms with E-state index in [9.17, 15) is 0 Å². The molecule has 1 heteroatoms. The molecule has 2 aliphatic carbocycles. The van der Waals surface area contributed by atoms with Crippen LogP contribution in [0.1, 0.15) is 81.0 Å². The molecule has 0 bridgehead atoms. The van der Waals surface area contributed by atoms with Gasteiger partial charge in [-0.25, -0.2) is 0 Å². The van der Waals surface area contributed by atoms with Crippen molar-refractivity contribution in [1.29, 1.82) is 0 Å². The summed E-state index contributed by atoms with van der Waals surface area (Å²) < 4.78 is 0. The van der Waals surface area contributed by atoms with Gasteiger partial charge >= 0.3 is 0 Å². The smallest absolute Gasteiger partial charge is 0.0320 e. The predicted molar refractivity (Wildman–Crippen MR) is 90.7 cm³/mol. The molecule has 1 nitrogen and oxygen atoms in total. The Morgan fingerprint density at radius 1 is 1.05 bits per heavy atom. The zero-order valence-corrected chi connectivity index (χ0v) is 13.7. The van der Waals surface area contributed by atoms with Gasteiger partial charge in [0.1, 0.15) is 0 Å². The molecule has 0 amide bonds. The van der Waals surface area contributed by atoms with Crippen molar-refractivity contribution >= 4 is 0 Å². The van der Waals surface area contributed by atoms with Crippen LogP contribution >= 0.6 is 0 Å². The van der Waals surface area contributed by atoms with Crippen molar-refractivity contribution in [1.82, 2.24) is 5.32 Å². The van der Waals surface area contributed by atoms with E-state index in [4.69, 9.17) is 0 Å². The van der Waals surface area contributed by atoms with Crippen molar-refractivity contribution in [3.63, 3.8) is 0 Å². The average molecular weight is 285 g/mol. The van der Waals surface area contributed by atoms with Crippen LogP contribution in [-0.4, -0.2) is 6.54 Å². The molecule has 3 rings (SSSR count). The zero-order chi connectivity index (χ0) is 14.5. The number of hydrogen-bond donors (Lipinski definition) is 1. The lowest BCUT2D eigenvalue weighted by Gasteiger charge is -2.25. The van der Waals surface area contributed by atoms with E-state index in [1.165, 1.54) is 69.8 Å². The fraction of sp³-hybridized carbons (Fsp3) is 0.700. The zero-order valence-electron chi connectivity index (χ0n) is 13.7. The predicted octanol–water partition coefficient (Wildman–Crippen LogP) is 5.19. The van der Waals surface area contributed by atoms with Crippen molar-refractivity contribution in [2.24, 2.45) is 5.92 Å². The van der Waals surface area contributed by atoms with Crippen LogP contribution in [0.2, 0.25) is 0 Å². The Bertz CT molecular complexity index is 445. The second-order valence-corrected chi connectivity index (χ2v) is 7.07. The van der Waals surface area contributed by atoms with Crippen LogP contribution < -0.4 is 5.32 Å². The van der Waals surface area contributed by atoms with E-state index in [2.05, 4.69) is 30.4 Å². The van der Waals surface area contributed by atoms with Gasteiger partial charge in [-0.15, -0.1) is 0 Å². The molecule has 1 saturated carbocycles. The highest BCUT2D eigenvalue weighted by Crippen LogP contribution is 2.32. The minimum Gasteiger partial charge on any atom is -0.310 e. The first-order chi connectivity index (χ1) is 10.4. The van der Waals surface area contributed by atoms with Crippen LogP contribution in [0, 0.1) is 5.92 Å². The lowest BCUT2D eigenvalue weighted by Crippen LogP contribution is -2.22. The molecule has 1 aromatic rings. The normalized spacial score (nSPS) is 20.4. The van der Waals surface area contributed by atoms with E-state index < -0.39 is 0 Å². The standard InChI is InChI=1S/C20H31N/c1-2-21-20(14-11-16-7-4-3-5-8-16)19-13-12-17-9-6-10-18(17)15-19/h12-13,15-16,20-21H,2-11,14H2,1H3. The molecule has 0 aromatic heterocycles. The highest BCUT2D eigenvalue weighted by Gasteiger charge is 2.18. The molecule has 1 N–H and O–H groups in total. The molecule has 2 aliphatic rings. The van der Waals surface area contributed by atoms with E-state index in [1.54, 1.807) is 11.1 Å². The van der Waals surface area contributed by atoms with Crippen LogP contribution in [0.25, 0.3) is 0 Å². The van der Waals surface area contributed by atoms with Gasteiger partial charge in [0.15, 0.2) is 0 Å². The van der Waals surface area contributed by atoms with E-state index in [-0.39, 0.29) is 0 Å². The first-order valence-corrected chi connectivity index (χ1v) is 9.22. The van der Waals surface area contributed by atoms with Crippen molar-refractivity contribution in [3.05, 3.63) is 34.9 Å². The SMILES string of the molecule is CCNC(CCC1CCCCC1)c1ccc2c(c1)CCC2. The van der Waals surface area contributed by atoms with Crippen molar-refractivity contribution in [2.75, 3.05) is 6.54 Å². The maximum atomic E-state index is 3.73. The lowest BCUT2D eigenvalue weighted by atomic mass is 9.84. The molecule has 0 saturated heterocycles. The molecule has 1 atom stereocenters. The second kappa shape index (κ2) is 7.45. The van der Waals surface area contributed by atoms with Gasteiger partial charge in [-0.2, -0.15) is 0 Å². The van der Waals surface area contributed by atoms with Gasteiger partial charge in [-0.1, -0.05) is 57.2 Å². The molecule has 0 aliphatic heterocycles. The third-order valence-electron chi connectivity index (χ3n) is 5.56. The molecule has 1 fully saturated rings. The van der Waals surface area contributed by atoms with Gasteiger partial charge in [0.05, 0.1) is 0 Å². The maximum Gasteiger partial charge on any atom is 0.0320 e. The number of nitrogens with one attached hydrogen (secondary N) is 1. The first kappa shape index (κ1) is 15.1. The van der Waals surface area contributed by atoms with E-state index in [0.29, 0.717) is 6.04 Å². The average Bonchev–Trinajstić information content (AvgIpc) is 3.00. The first-order valence-electron chi connectivity index (χ1n) is 9.22. The minimum absolute atomic E-state index is 0.572. The lowest BCUT2D eigenvalue weighted by molar-refractivity contribution is 0.315. The maximum absolute atomic E-state index is 3.73. The Labute approximate surface area is 130 Å². The van der Waals surface area contributed by atoms with Gasteiger partial charge in [-0.3, -0.25) is 0 Å². The van der Waals surface area contributed by atoms with Gasteiger partial charge < -0.3 is 5.32 Å². The Kier molecular flexibility index (Phi) is 5.35. The van der Waals surface area contributed by atoms with Crippen molar-refractivity contribution in [2.45, 2.75) is 77.2 Å². The Morgan fingerprint density at radius 3 is 2.67 bits per heavy atom. The summed E-state index contributed by atoms with van der Waals surface area (Å²) in [7, 11) is 0. The summed E-state index contributed by atoms with van der Waals surface area (Å²) in [5, 5.41) is 3.73. The largest absolute Gasteiger partial charge is 0.310 e.